The molecule has 0 aliphatic carbocycles. The maximum Gasteiger partial charge on any atom is 0.264 e. The van der Waals surface area contributed by atoms with Gasteiger partial charge in [-0.25, -0.2) is 9.67 Å². The van der Waals surface area contributed by atoms with Crippen LogP contribution in [0.5, 0.6) is 0 Å². The van der Waals surface area contributed by atoms with Crippen LogP contribution in [-0.4, -0.2) is 43.2 Å². The van der Waals surface area contributed by atoms with E-state index in [0.717, 1.165) is 11.3 Å². The minimum atomic E-state index is -0.253. The van der Waals surface area contributed by atoms with Gasteiger partial charge in [0.2, 0.25) is 5.91 Å². The number of fused-ring (bicyclic) bond motifs is 1. The second-order valence-electron chi connectivity index (χ2n) is 8.34. The fourth-order valence-electron chi connectivity index (χ4n) is 3.44. The lowest BCUT2D eigenvalue weighted by atomic mass is 10.1. The van der Waals surface area contributed by atoms with Crippen LogP contribution in [0.25, 0.3) is 16.7 Å². The lowest BCUT2D eigenvalue weighted by Crippen LogP contribution is -2.40. The zero-order chi connectivity index (χ0) is 21.1. The molecule has 1 aromatic carbocycles. The van der Waals surface area contributed by atoms with Gasteiger partial charge in [-0.1, -0.05) is 45.9 Å². The van der Waals surface area contributed by atoms with E-state index in [9.17, 15) is 9.59 Å². The number of aryl methyl sites for hydroxylation is 1. The van der Waals surface area contributed by atoms with Crippen molar-refractivity contribution in [3.63, 3.8) is 0 Å². The lowest BCUT2D eigenvalue weighted by molar-refractivity contribution is -0.133. The summed E-state index contributed by atoms with van der Waals surface area (Å²) in [5, 5.41) is 4.77. The highest BCUT2D eigenvalue weighted by Crippen LogP contribution is 2.17. The molecule has 0 fully saturated rings. The largest absolute Gasteiger partial charge is 0.341 e. The molecule has 0 N–H and O–H groups in total. The summed E-state index contributed by atoms with van der Waals surface area (Å²) in [4.78, 5) is 32.1. The summed E-state index contributed by atoms with van der Waals surface area (Å²) in [6.07, 6.45) is 2.97. The Morgan fingerprint density at radius 1 is 1.10 bits per heavy atom. The van der Waals surface area contributed by atoms with Gasteiger partial charge in [-0.15, -0.1) is 0 Å². The molecule has 1 amide bonds. The summed E-state index contributed by atoms with van der Waals surface area (Å²) in [7, 11) is 0. The molecule has 0 spiro atoms. The molecule has 0 saturated carbocycles. The molecular formula is C22H29N5O2. The standard InChI is InChI=1S/C22H29N5O2/c1-15(2)11-25(12-16(3)4)20(28)13-26-14-23-21-18(22(26)29)10-24-27(21)19-9-7-6-8-17(19)5/h6-10,14-16H,11-13H2,1-5H3. The minimum absolute atomic E-state index is 0.0171. The van der Waals surface area contributed by atoms with Crippen molar-refractivity contribution in [2.75, 3.05) is 13.1 Å². The third-order valence-electron chi connectivity index (χ3n) is 4.73. The van der Waals surface area contributed by atoms with Gasteiger partial charge < -0.3 is 4.90 Å². The Hall–Kier alpha value is -2.96. The Bertz CT molecular complexity index is 1050. The van der Waals surface area contributed by atoms with Crippen LogP contribution in [0.4, 0.5) is 0 Å². The van der Waals surface area contributed by atoms with E-state index in [0.29, 0.717) is 36.0 Å². The highest BCUT2D eigenvalue weighted by atomic mass is 16.2. The molecule has 0 atom stereocenters. The number of rotatable bonds is 7. The van der Waals surface area contributed by atoms with Crippen molar-refractivity contribution in [3.8, 4) is 5.69 Å². The summed E-state index contributed by atoms with van der Waals surface area (Å²) in [5.74, 6) is 0.659. The molecule has 154 valence electrons. The zero-order valence-electron chi connectivity index (χ0n) is 17.8. The van der Waals surface area contributed by atoms with Crippen LogP contribution >= 0.6 is 0 Å². The van der Waals surface area contributed by atoms with Gasteiger partial charge in [0.25, 0.3) is 5.56 Å². The number of carbonyl (C=O) groups excluding carboxylic acids is 1. The number of para-hydroxylation sites is 1. The number of nitrogens with zero attached hydrogens (tertiary/aromatic N) is 5. The van der Waals surface area contributed by atoms with Crippen molar-refractivity contribution in [3.05, 3.63) is 52.7 Å². The van der Waals surface area contributed by atoms with Crippen molar-refractivity contribution >= 4 is 16.9 Å². The van der Waals surface area contributed by atoms with Crippen molar-refractivity contribution in [1.82, 2.24) is 24.2 Å². The molecule has 29 heavy (non-hydrogen) atoms. The maximum atomic E-state index is 13.0. The smallest absolute Gasteiger partial charge is 0.264 e. The van der Waals surface area contributed by atoms with Crippen LogP contribution < -0.4 is 5.56 Å². The summed E-state index contributed by atoms with van der Waals surface area (Å²) >= 11 is 0. The molecule has 0 bridgehead atoms. The summed E-state index contributed by atoms with van der Waals surface area (Å²) in [6.45, 7) is 11.7. The first-order valence-corrected chi connectivity index (χ1v) is 10.0. The highest BCUT2D eigenvalue weighted by molar-refractivity contribution is 5.78. The topological polar surface area (TPSA) is 73.0 Å². The number of benzene rings is 1. The van der Waals surface area contributed by atoms with Crippen molar-refractivity contribution in [2.24, 2.45) is 11.8 Å². The first-order valence-electron chi connectivity index (χ1n) is 10.0. The van der Waals surface area contributed by atoms with E-state index in [1.807, 2.05) is 36.1 Å². The maximum absolute atomic E-state index is 13.0. The first-order chi connectivity index (χ1) is 13.8. The SMILES string of the molecule is Cc1ccccc1-n1ncc2c(=O)n(CC(=O)N(CC(C)C)CC(C)C)cnc21. The Balaban J connectivity index is 1.92. The summed E-state index contributed by atoms with van der Waals surface area (Å²) in [6, 6.07) is 7.80. The van der Waals surface area contributed by atoms with Gasteiger partial charge in [-0.3, -0.25) is 14.2 Å². The Morgan fingerprint density at radius 3 is 2.38 bits per heavy atom. The van der Waals surface area contributed by atoms with Crippen LogP contribution in [-0.2, 0) is 11.3 Å². The molecule has 2 aromatic heterocycles. The second kappa shape index (κ2) is 8.59. The number of aromatic nitrogens is 4. The van der Waals surface area contributed by atoms with Crippen LogP contribution in [0.2, 0.25) is 0 Å². The van der Waals surface area contributed by atoms with Gasteiger partial charge >= 0.3 is 0 Å². The number of carbonyl (C=O) groups is 1. The van der Waals surface area contributed by atoms with E-state index < -0.39 is 0 Å². The minimum Gasteiger partial charge on any atom is -0.341 e. The Kier molecular flexibility index (Phi) is 6.15. The summed E-state index contributed by atoms with van der Waals surface area (Å²) in [5.41, 5.74) is 2.16. The Morgan fingerprint density at radius 2 is 1.76 bits per heavy atom. The first kappa shape index (κ1) is 20.8. The van der Waals surface area contributed by atoms with Gasteiger partial charge in [0, 0.05) is 13.1 Å². The molecule has 0 radical (unpaired) electrons. The zero-order valence-corrected chi connectivity index (χ0v) is 17.8. The fraction of sp³-hybridized carbons (Fsp3) is 0.455. The molecule has 2 heterocycles. The van der Waals surface area contributed by atoms with Crippen LogP contribution in [0.1, 0.15) is 33.3 Å². The highest BCUT2D eigenvalue weighted by Gasteiger charge is 2.19. The molecule has 3 rings (SSSR count). The second-order valence-corrected chi connectivity index (χ2v) is 8.34. The van der Waals surface area contributed by atoms with E-state index in [2.05, 4.69) is 37.8 Å². The molecule has 0 unspecified atom stereocenters. The molecule has 7 nitrogen and oxygen atoms in total. The Labute approximate surface area is 171 Å². The molecule has 0 saturated heterocycles. The van der Waals surface area contributed by atoms with Crippen LogP contribution in [0.3, 0.4) is 0 Å². The van der Waals surface area contributed by atoms with Crippen molar-refractivity contribution < 1.29 is 4.79 Å². The van der Waals surface area contributed by atoms with Gasteiger partial charge in [0.1, 0.15) is 18.3 Å². The normalized spacial score (nSPS) is 11.6. The quantitative estimate of drug-likeness (QED) is 0.616. The average molecular weight is 396 g/mol. The van der Waals surface area contributed by atoms with E-state index in [1.165, 1.54) is 17.1 Å². The molecule has 7 heteroatoms. The van der Waals surface area contributed by atoms with Gasteiger partial charge in [-0.05, 0) is 30.4 Å². The van der Waals surface area contributed by atoms with Crippen molar-refractivity contribution in [2.45, 2.75) is 41.2 Å². The molecular weight excluding hydrogens is 366 g/mol. The molecule has 0 aliphatic heterocycles. The number of hydrogen-bond donors (Lipinski definition) is 0. The van der Waals surface area contributed by atoms with E-state index >= 15 is 0 Å². The van der Waals surface area contributed by atoms with Crippen LogP contribution in [0, 0.1) is 18.8 Å². The fourth-order valence-corrected chi connectivity index (χ4v) is 3.44. The number of hydrogen-bond acceptors (Lipinski definition) is 4. The predicted molar refractivity (Wildman–Crippen MR) is 114 cm³/mol. The van der Waals surface area contributed by atoms with Gasteiger partial charge in [-0.2, -0.15) is 5.10 Å². The summed E-state index contributed by atoms with van der Waals surface area (Å²) < 4.78 is 3.05. The predicted octanol–water partition coefficient (Wildman–Crippen LogP) is 3.03. The monoisotopic (exact) mass is 395 g/mol. The third kappa shape index (κ3) is 4.55. The van der Waals surface area contributed by atoms with E-state index in [4.69, 9.17) is 0 Å². The molecule has 3 aromatic rings. The van der Waals surface area contributed by atoms with Gasteiger partial charge in [0.05, 0.1) is 11.9 Å². The lowest BCUT2D eigenvalue weighted by Gasteiger charge is -2.26. The van der Waals surface area contributed by atoms with Gasteiger partial charge in [0.15, 0.2) is 5.65 Å². The van der Waals surface area contributed by atoms with E-state index in [1.54, 1.807) is 4.68 Å². The van der Waals surface area contributed by atoms with Crippen LogP contribution in [0.15, 0.2) is 41.6 Å². The average Bonchev–Trinajstić information content (AvgIpc) is 3.07. The van der Waals surface area contributed by atoms with Crippen molar-refractivity contribution in [1.29, 1.82) is 0 Å². The third-order valence-corrected chi connectivity index (χ3v) is 4.73. The van der Waals surface area contributed by atoms with E-state index in [-0.39, 0.29) is 18.0 Å². The number of amides is 1. The molecule has 0 aliphatic rings.